The van der Waals surface area contributed by atoms with Crippen LogP contribution in [0.15, 0.2) is 96.2 Å². The molecule has 6 aromatic rings. The summed E-state index contributed by atoms with van der Waals surface area (Å²) in [6, 6.07) is 25.9. The monoisotopic (exact) mass is 562 g/mol. The van der Waals surface area contributed by atoms with E-state index in [1.807, 2.05) is 66.9 Å². The number of aromatic amines is 1. The predicted octanol–water partition coefficient (Wildman–Crippen LogP) is 6.36. The first kappa shape index (κ1) is 25.8. The van der Waals surface area contributed by atoms with Crippen molar-refractivity contribution in [3.63, 3.8) is 0 Å². The molecule has 2 amide bonds. The lowest BCUT2D eigenvalue weighted by molar-refractivity contribution is -0.136. The Morgan fingerprint density at radius 2 is 1.71 bits per heavy atom. The van der Waals surface area contributed by atoms with Gasteiger partial charge in [-0.15, -0.1) is 0 Å². The number of nitrogens with zero attached hydrogens (tertiary/aromatic N) is 2. The number of rotatable bonds is 6. The highest BCUT2D eigenvalue weighted by molar-refractivity contribution is 6.39. The number of fused-ring (bicyclic) bond motifs is 3. The third-order valence-electron chi connectivity index (χ3n) is 6.52. The minimum Gasteiger partial charge on any atom is -0.497 e. The summed E-state index contributed by atoms with van der Waals surface area (Å²) in [7, 11) is 1.62. The molecular formula is C31H23ClN6O3. The smallest absolute Gasteiger partial charge is 0.329 e. The number of amides is 2. The van der Waals surface area contributed by atoms with Crippen LogP contribution in [0.25, 0.3) is 32.7 Å². The molecule has 2 aromatic heterocycles. The van der Waals surface area contributed by atoms with Gasteiger partial charge in [0.15, 0.2) is 0 Å². The lowest BCUT2D eigenvalue weighted by Gasteiger charge is -2.15. The number of H-pyrrole nitrogens is 1. The van der Waals surface area contributed by atoms with Gasteiger partial charge in [0.25, 0.3) is 0 Å². The molecule has 202 valence electrons. The Balaban J connectivity index is 1.15. The van der Waals surface area contributed by atoms with Gasteiger partial charge in [0.2, 0.25) is 0 Å². The summed E-state index contributed by atoms with van der Waals surface area (Å²) in [5.74, 6) is -1.01. The summed E-state index contributed by atoms with van der Waals surface area (Å²) in [6.07, 6.45) is 3.32. The van der Waals surface area contributed by atoms with Crippen LogP contribution >= 0.6 is 11.6 Å². The molecule has 0 aliphatic carbocycles. The second-order valence-corrected chi connectivity index (χ2v) is 9.65. The Morgan fingerprint density at radius 3 is 2.54 bits per heavy atom. The number of anilines is 3. The third kappa shape index (κ3) is 5.52. The SMILES string of the molecule is COc1ccc2nc3cc(Cl)ccc3c(Nc3ccc(NC(=O)C(=O)N/N=C/c4ccc5[nH]ccc5c4)cc3)c2c1. The first-order valence-corrected chi connectivity index (χ1v) is 13.0. The number of hydrogen-bond acceptors (Lipinski definition) is 6. The molecule has 0 fully saturated rings. The van der Waals surface area contributed by atoms with Crippen LogP contribution in [0.2, 0.25) is 5.02 Å². The highest BCUT2D eigenvalue weighted by atomic mass is 35.5. The van der Waals surface area contributed by atoms with Gasteiger partial charge >= 0.3 is 11.8 Å². The predicted molar refractivity (Wildman–Crippen MR) is 163 cm³/mol. The largest absolute Gasteiger partial charge is 0.497 e. The second kappa shape index (κ2) is 11.0. The highest BCUT2D eigenvalue weighted by Gasteiger charge is 2.14. The van der Waals surface area contributed by atoms with E-state index in [9.17, 15) is 9.59 Å². The number of halogens is 1. The average Bonchev–Trinajstić information content (AvgIpc) is 3.45. The Bertz CT molecular complexity index is 1970. The van der Waals surface area contributed by atoms with Crippen LogP contribution in [0.5, 0.6) is 5.75 Å². The van der Waals surface area contributed by atoms with Gasteiger partial charge in [-0.05, 0) is 89.8 Å². The zero-order valence-electron chi connectivity index (χ0n) is 21.7. The molecule has 0 saturated heterocycles. The van der Waals surface area contributed by atoms with E-state index in [-0.39, 0.29) is 0 Å². The molecular weight excluding hydrogens is 540 g/mol. The normalized spacial score (nSPS) is 11.3. The maximum absolute atomic E-state index is 12.4. The number of hydrogen-bond donors (Lipinski definition) is 4. The zero-order valence-corrected chi connectivity index (χ0v) is 22.5. The molecule has 0 spiro atoms. The van der Waals surface area contributed by atoms with Gasteiger partial charge in [0.05, 0.1) is 30.0 Å². The summed E-state index contributed by atoms with van der Waals surface area (Å²) in [5, 5.41) is 13.3. The summed E-state index contributed by atoms with van der Waals surface area (Å²) < 4.78 is 5.43. The van der Waals surface area contributed by atoms with Crippen LogP contribution in [-0.4, -0.2) is 35.1 Å². The van der Waals surface area contributed by atoms with Gasteiger partial charge in [-0.25, -0.2) is 10.4 Å². The number of benzene rings is 4. The fourth-order valence-electron chi connectivity index (χ4n) is 4.50. The summed E-state index contributed by atoms with van der Waals surface area (Å²) in [5.41, 5.74) is 7.64. The van der Waals surface area contributed by atoms with Gasteiger partial charge in [-0.2, -0.15) is 5.10 Å². The van der Waals surface area contributed by atoms with E-state index >= 15 is 0 Å². The summed E-state index contributed by atoms with van der Waals surface area (Å²) in [6.45, 7) is 0. The van der Waals surface area contributed by atoms with Crippen LogP contribution in [-0.2, 0) is 9.59 Å². The fraction of sp³-hybridized carbons (Fsp3) is 0.0323. The fourth-order valence-corrected chi connectivity index (χ4v) is 4.66. The van der Waals surface area contributed by atoms with E-state index in [2.05, 4.69) is 26.1 Å². The van der Waals surface area contributed by atoms with E-state index in [1.165, 1.54) is 6.21 Å². The number of carbonyl (C=O) groups excluding carboxylic acids is 2. The molecule has 6 rings (SSSR count). The minimum atomic E-state index is -0.881. The van der Waals surface area contributed by atoms with Crippen molar-refractivity contribution in [2.24, 2.45) is 5.10 Å². The van der Waals surface area contributed by atoms with Crippen molar-refractivity contribution >= 4 is 79.4 Å². The molecule has 0 aliphatic rings. The van der Waals surface area contributed by atoms with Crippen LogP contribution in [0, 0.1) is 0 Å². The molecule has 4 aromatic carbocycles. The van der Waals surface area contributed by atoms with Crippen molar-refractivity contribution in [2.75, 3.05) is 17.7 Å². The molecule has 0 unspecified atom stereocenters. The molecule has 41 heavy (non-hydrogen) atoms. The number of pyridine rings is 1. The Kier molecular flexibility index (Phi) is 6.93. The van der Waals surface area contributed by atoms with Gasteiger partial charge in [0.1, 0.15) is 5.75 Å². The molecule has 2 heterocycles. The lowest BCUT2D eigenvalue weighted by atomic mass is 10.1. The summed E-state index contributed by atoms with van der Waals surface area (Å²) in [4.78, 5) is 32.5. The Hall–Kier alpha value is -5.41. The van der Waals surface area contributed by atoms with Crippen LogP contribution in [0.1, 0.15) is 5.56 Å². The third-order valence-corrected chi connectivity index (χ3v) is 6.75. The van der Waals surface area contributed by atoms with E-state index in [1.54, 1.807) is 31.4 Å². The number of methoxy groups -OCH3 is 1. The number of hydrazone groups is 1. The molecule has 0 bridgehead atoms. The topological polar surface area (TPSA) is 120 Å². The van der Waals surface area contributed by atoms with Crippen molar-refractivity contribution in [3.05, 3.63) is 102 Å². The van der Waals surface area contributed by atoms with Crippen molar-refractivity contribution in [1.82, 2.24) is 15.4 Å². The van der Waals surface area contributed by atoms with Crippen LogP contribution in [0.3, 0.4) is 0 Å². The molecule has 0 atom stereocenters. The second-order valence-electron chi connectivity index (χ2n) is 9.21. The average molecular weight is 563 g/mol. The van der Waals surface area contributed by atoms with Crippen molar-refractivity contribution in [2.45, 2.75) is 0 Å². The van der Waals surface area contributed by atoms with E-state index < -0.39 is 11.8 Å². The van der Waals surface area contributed by atoms with Gasteiger partial charge < -0.3 is 20.4 Å². The molecule has 0 radical (unpaired) electrons. The quantitative estimate of drug-likeness (QED) is 0.0814. The van der Waals surface area contributed by atoms with Crippen LogP contribution < -0.4 is 20.8 Å². The van der Waals surface area contributed by atoms with Crippen molar-refractivity contribution in [3.8, 4) is 5.75 Å². The number of aromatic nitrogens is 2. The Labute approximate surface area is 239 Å². The number of ether oxygens (including phenoxy) is 1. The van der Waals surface area contributed by atoms with Crippen molar-refractivity contribution < 1.29 is 14.3 Å². The van der Waals surface area contributed by atoms with Crippen LogP contribution in [0.4, 0.5) is 17.1 Å². The van der Waals surface area contributed by atoms with E-state index in [4.69, 9.17) is 21.3 Å². The molecule has 4 N–H and O–H groups in total. The van der Waals surface area contributed by atoms with E-state index in [0.717, 1.165) is 49.6 Å². The molecule has 0 saturated carbocycles. The number of nitrogens with one attached hydrogen (secondary N) is 4. The summed E-state index contributed by atoms with van der Waals surface area (Å²) >= 11 is 6.23. The first-order chi connectivity index (χ1) is 20.0. The van der Waals surface area contributed by atoms with Gasteiger partial charge in [0, 0.05) is 38.9 Å². The van der Waals surface area contributed by atoms with E-state index in [0.29, 0.717) is 16.5 Å². The number of carbonyl (C=O) groups is 2. The maximum atomic E-state index is 12.4. The maximum Gasteiger partial charge on any atom is 0.329 e. The van der Waals surface area contributed by atoms with Gasteiger partial charge in [-0.3, -0.25) is 9.59 Å². The lowest BCUT2D eigenvalue weighted by Crippen LogP contribution is -2.32. The minimum absolute atomic E-state index is 0.454. The first-order valence-electron chi connectivity index (χ1n) is 12.6. The molecule has 10 heteroatoms. The Morgan fingerprint density at radius 1 is 0.878 bits per heavy atom. The van der Waals surface area contributed by atoms with Gasteiger partial charge in [-0.1, -0.05) is 17.7 Å². The zero-order chi connectivity index (χ0) is 28.3. The van der Waals surface area contributed by atoms with Crippen molar-refractivity contribution in [1.29, 1.82) is 0 Å². The molecule has 9 nitrogen and oxygen atoms in total. The molecule has 0 aliphatic heterocycles. The highest BCUT2D eigenvalue weighted by Crippen LogP contribution is 2.36. The standard InChI is InChI=1S/C31H23ClN6O3/c1-41-23-8-11-27-25(16-23)29(24-9-3-20(32)15-28(24)37-27)35-21-4-6-22(7-5-21)36-30(39)31(40)38-34-17-18-2-10-26-19(14-18)12-13-33-26/h2-17,33H,1H3,(H,35,37)(H,36,39)(H,38,40)/b34-17+.